The van der Waals surface area contributed by atoms with Crippen LogP contribution in [0.4, 0.5) is 0 Å². The van der Waals surface area contributed by atoms with Gasteiger partial charge in [0.2, 0.25) is 0 Å². The van der Waals surface area contributed by atoms with E-state index in [4.69, 9.17) is 16.3 Å². The third-order valence-electron chi connectivity index (χ3n) is 2.59. The normalized spacial score (nSPS) is 10.1. The lowest BCUT2D eigenvalue weighted by Gasteiger charge is -2.09. The molecule has 0 unspecified atom stereocenters. The summed E-state index contributed by atoms with van der Waals surface area (Å²) >= 11 is 9.31. The van der Waals surface area contributed by atoms with Gasteiger partial charge in [-0.25, -0.2) is 0 Å². The smallest absolute Gasteiger partial charge is 0.258 e. The summed E-state index contributed by atoms with van der Waals surface area (Å²) < 4.78 is 6.24. The number of nitrogens with one attached hydrogen (secondary N) is 1. The Balaban J connectivity index is 1.80. The first-order valence-corrected chi connectivity index (χ1v) is 7.21. The first kappa shape index (κ1) is 14.9. The standard InChI is InChI=1S/C15H13BrClNO2/c16-12-6-7-14(13(17)8-12)20-10-15(19)18-9-11-4-2-1-3-5-11/h1-8H,9-10H2,(H,18,19). The molecule has 0 aliphatic heterocycles. The number of ether oxygens (including phenoxy) is 1. The minimum Gasteiger partial charge on any atom is -0.482 e. The van der Waals surface area contributed by atoms with E-state index in [9.17, 15) is 4.79 Å². The molecule has 0 atom stereocenters. The maximum absolute atomic E-state index is 11.7. The molecular weight excluding hydrogens is 342 g/mol. The molecule has 0 saturated heterocycles. The highest BCUT2D eigenvalue weighted by atomic mass is 79.9. The van der Waals surface area contributed by atoms with Crippen molar-refractivity contribution in [2.24, 2.45) is 0 Å². The molecule has 0 radical (unpaired) electrons. The summed E-state index contributed by atoms with van der Waals surface area (Å²) in [6, 6.07) is 14.9. The molecule has 2 aromatic carbocycles. The molecule has 104 valence electrons. The first-order chi connectivity index (χ1) is 9.65. The number of amides is 1. The van der Waals surface area contributed by atoms with Gasteiger partial charge in [0.05, 0.1) is 5.02 Å². The Morgan fingerprint density at radius 3 is 2.65 bits per heavy atom. The molecule has 0 bridgehead atoms. The Labute approximate surface area is 131 Å². The monoisotopic (exact) mass is 353 g/mol. The molecule has 2 aromatic rings. The number of hydrogen-bond donors (Lipinski definition) is 1. The van der Waals surface area contributed by atoms with Gasteiger partial charge in [-0.05, 0) is 23.8 Å². The SMILES string of the molecule is O=C(COc1ccc(Br)cc1Cl)NCc1ccccc1. The minimum absolute atomic E-state index is 0.0613. The molecule has 2 rings (SSSR count). The van der Waals surface area contributed by atoms with Crippen LogP contribution in [0.3, 0.4) is 0 Å². The topological polar surface area (TPSA) is 38.3 Å². The molecule has 3 nitrogen and oxygen atoms in total. The molecule has 0 spiro atoms. The first-order valence-electron chi connectivity index (χ1n) is 6.03. The highest BCUT2D eigenvalue weighted by molar-refractivity contribution is 9.10. The van der Waals surface area contributed by atoms with Gasteiger partial charge in [-0.1, -0.05) is 57.9 Å². The zero-order chi connectivity index (χ0) is 14.4. The van der Waals surface area contributed by atoms with E-state index >= 15 is 0 Å². The van der Waals surface area contributed by atoms with Crippen molar-refractivity contribution < 1.29 is 9.53 Å². The Bertz CT molecular complexity index is 590. The average molecular weight is 355 g/mol. The van der Waals surface area contributed by atoms with Crippen molar-refractivity contribution in [1.82, 2.24) is 5.32 Å². The summed E-state index contributed by atoms with van der Waals surface area (Å²) in [4.78, 5) is 11.7. The van der Waals surface area contributed by atoms with Crippen LogP contribution in [0.15, 0.2) is 53.0 Å². The number of benzene rings is 2. The fourth-order valence-electron chi connectivity index (χ4n) is 1.58. The zero-order valence-electron chi connectivity index (χ0n) is 10.6. The van der Waals surface area contributed by atoms with E-state index in [1.165, 1.54) is 0 Å². The highest BCUT2D eigenvalue weighted by Gasteiger charge is 2.06. The van der Waals surface area contributed by atoms with Crippen LogP contribution in [0.1, 0.15) is 5.56 Å². The van der Waals surface area contributed by atoms with E-state index in [0.717, 1.165) is 10.0 Å². The molecule has 0 aliphatic rings. The van der Waals surface area contributed by atoms with E-state index in [2.05, 4.69) is 21.2 Å². The van der Waals surface area contributed by atoms with Crippen LogP contribution in [-0.2, 0) is 11.3 Å². The summed E-state index contributed by atoms with van der Waals surface area (Å²) in [5.74, 6) is 0.303. The van der Waals surface area contributed by atoms with Crippen LogP contribution >= 0.6 is 27.5 Å². The van der Waals surface area contributed by atoms with Crippen LogP contribution in [0.25, 0.3) is 0 Å². The second-order valence-corrected chi connectivity index (χ2v) is 5.45. The molecule has 0 fully saturated rings. The minimum atomic E-state index is -0.187. The number of rotatable bonds is 5. The Morgan fingerprint density at radius 2 is 1.95 bits per heavy atom. The molecule has 5 heteroatoms. The molecule has 1 amide bonds. The maximum atomic E-state index is 11.7. The largest absolute Gasteiger partial charge is 0.482 e. The van der Waals surface area contributed by atoms with E-state index in [-0.39, 0.29) is 12.5 Å². The predicted octanol–water partition coefficient (Wildman–Crippen LogP) is 3.80. The summed E-state index contributed by atoms with van der Waals surface area (Å²) in [7, 11) is 0. The summed E-state index contributed by atoms with van der Waals surface area (Å²) in [6.45, 7) is 0.422. The van der Waals surface area contributed by atoms with Crippen molar-refractivity contribution in [2.45, 2.75) is 6.54 Å². The van der Waals surface area contributed by atoms with Gasteiger partial charge in [0.1, 0.15) is 5.75 Å². The van der Waals surface area contributed by atoms with Crippen LogP contribution in [0, 0.1) is 0 Å². The van der Waals surface area contributed by atoms with Gasteiger partial charge >= 0.3 is 0 Å². The van der Waals surface area contributed by atoms with Gasteiger partial charge in [-0.3, -0.25) is 4.79 Å². The van der Waals surface area contributed by atoms with Crippen LogP contribution < -0.4 is 10.1 Å². The summed E-state index contributed by atoms with van der Waals surface area (Å²) in [5, 5.41) is 3.25. The molecule has 20 heavy (non-hydrogen) atoms. The fraction of sp³-hybridized carbons (Fsp3) is 0.133. The zero-order valence-corrected chi connectivity index (χ0v) is 12.9. The third-order valence-corrected chi connectivity index (χ3v) is 3.37. The summed E-state index contributed by atoms with van der Waals surface area (Å²) in [6.07, 6.45) is 0. The highest BCUT2D eigenvalue weighted by Crippen LogP contribution is 2.27. The Hall–Kier alpha value is -1.52. The Kier molecular flexibility index (Phi) is 5.44. The van der Waals surface area contributed by atoms with Crippen molar-refractivity contribution in [1.29, 1.82) is 0 Å². The second kappa shape index (κ2) is 7.31. The van der Waals surface area contributed by atoms with E-state index in [1.807, 2.05) is 36.4 Å². The van der Waals surface area contributed by atoms with Gasteiger partial charge < -0.3 is 10.1 Å². The number of hydrogen-bond acceptors (Lipinski definition) is 2. The Morgan fingerprint density at radius 1 is 1.20 bits per heavy atom. The fourth-order valence-corrected chi connectivity index (χ4v) is 2.31. The van der Waals surface area contributed by atoms with Crippen LogP contribution in [0.5, 0.6) is 5.75 Å². The van der Waals surface area contributed by atoms with Gasteiger partial charge in [0.15, 0.2) is 6.61 Å². The lowest BCUT2D eigenvalue weighted by atomic mass is 10.2. The lowest BCUT2D eigenvalue weighted by molar-refractivity contribution is -0.123. The van der Waals surface area contributed by atoms with Crippen molar-refractivity contribution in [3.63, 3.8) is 0 Å². The molecule has 0 heterocycles. The number of carbonyl (C=O) groups excluding carboxylic acids is 1. The average Bonchev–Trinajstić information content (AvgIpc) is 2.45. The number of carbonyl (C=O) groups is 1. The molecule has 0 aliphatic carbocycles. The van der Waals surface area contributed by atoms with Crippen LogP contribution in [-0.4, -0.2) is 12.5 Å². The molecule has 1 N–H and O–H groups in total. The van der Waals surface area contributed by atoms with E-state index < -0.39 is 0 Å². The molecule has 0 aromatic heterocycles. The van der Waals surface area contributed by atoms with Crippen molar-refractivity contribution in [2.75, 3.05) is 6.61 Å². The molecular formula is C15H13BrClNO2. The quantitative estimate of drug-likeness (QED) is 0.887. The predicted molar refractivity (Wildman–Crippen MR) is 82.9 cm³/mol. The van der Waals surface area contributed by atoms with Gasteiger partial charge in [-0.15, -0.1) is 0 Å². The second-order valence-electron chi connectivity index (χ2n) is 4.13. The lowest BCUT2D eigenvalue weighted by Crippen LogP contribution is -2.28. The number of halogens is 2. The van der Waals surface area contributed by atoms with Gasteiger partial charge in [-0.2, -0.15) is 0 Å². The van der Waals surface area contributed by atoms with Crippen molar-refractivity contribution in [3.8, 4) is 5.75 Å². The van der Waals surface area contributed by atoms with E-state index in [0.29, 0.717) is 17.3 Å². The maximum Gasteiger partial charge on any atom is 0.258 e. The molecule has 0 saturated carbocycles. The van der Waals surface area contributed by atoms with Crippen molar-refractivity contribution in [3.05, 3.63) is 63.6 Å². The van der Waals surface area contributed by atoms with E-state index in [1.54, 1.807) is 12.1 Å². The van der Waals surface area contributed by atoms with Gasteiger partial charge in [0, 0.05) is 11.0 Å². The summed E-state index contributed by atoms with van der Waals surface area (Å²) in [5.41, 5.74) is 1.04. The third kappa shape index (κ3) is 4.54. The van der Waals surface area contributed by atoms with Crippen LogP contribution in [0.2, 0.25) is 5.02 Å². The van der Waals surface area contributed by atoms with Crippen molar-refractivity contribution >= 4 is 33.4 Å². The van der Waals surface area contributed by atoms with Gasteiger partial charge in [0.25, 0.3) is 5.91 Å².